The Morgan fingerprint density at radius 1 is 1.27 bits per heavy atom. The van der Waals surface area contributed by atoms with E-state index >= 15 is 0 Å². The number of furan rings is 1. The molecule has 1 N–H and O–H groups in total. The van der Waals surface area contributed by atoms with Crippen LogP contribution in [0.2, 0.25) is 0 Å². The van der Waals surface area contributed by atoms with Crippen LogP contribution in [0.15, 0.2) is 35.0 Å². The molecule has 6 nitrogen and oxygen atoms in total. The Kier molecular flexibility index (Phi) is 4.54. The number of carbonyl (C=O) groups is 1. The first-order valence-corrected chi connectivity index (χ1v) is 7.56. The number of anilines is 1. The molecule has 0 fully saturated rings. The number of halogens is 3. The number of nitrogens with zero attached hydrogens (tertiary/aromatic N) is 2. The first-order chi connectivity index (χ1) is 12.3. The molecule has 26 heavy (non-hydrogen) atoms. The zero-order valence-electron chi connectivity index (χ0n) is 13.8. The van der Waals surface area contributed by atoms with Crippen molar-refractivity contribution in [1.29, 1.82) is 0 Å². The van der Waals surface area contributed by atoms with E-state index in [1.54, 1.807) is 13.8 Å². The average Bonchev–Trinajstić information content (AvgIpc) is 2.87. The SMILES string of the molecule is Cc1oc2ncnc(OCC(=O)Nc3cccc(C(F)(F)F)c3)c2c1C. The van der Waals surface area contributed by atoms with Crippen molar-refractivity contribution in [3.63, 3.8) is 0 Å². The highest BCUT2D eigenvalue weighted by atomic mass is 19.4. The van der Waals surface area contributed by atoms with E-state index in [4.69, 9.17) is 9.15 Å². The molecular formula is C17H14F3N3O3. The van der Waals surface area contributed by atoms with Crippen LogP contribution in [-0.4, -0.2) is 22.5 Å². The van der Waals surface area contributed by atoms with Gasteiger partial charge in [-0.25, -0.2) is 9.97 Å². The lowest BCUT2D eigenvalue weighted by molar-refractivity contribution is -0.137. The number of hydrogen-bond donors (Lipinski definition) is 1. The molecule has 0 atom stereocenters. The molecule has 3 rings (SSSR count). The number of aromatic nitrogens is 2. The summed E-state index contributed by atoms with van der Waals surface area (Å²) in [5, 5.41) is 2.91. The van der Waals surface area contributed by atoms with Gasteiger partial charge in [-0.05, 0) is 32.0 Å². The number of nitrogens with one attached hydrogen (secondary N) is 1. The minimum Gasteiger partial charge on any atom is -0.467 e. The summed E-state index contributed by atoms with van der Waals surface area (Å²) >= 11 is 0. The first-order valence-electron chi connectivity index (χ1n) is 7.56. The van der Waals surface area contributed by atoms with Crippen LogP contribution in [0.5, 0.6) is 5.88 Å². The Balaban J connectivity index is 1.71. The standard InChI is InChI=1S/C17H14F3N3O3/c1-9-10(2)26-16-14(9)15(21-8-22-16)25-7-13(24)23-12-5-3-4-11(6-12)17(18,19)20/h3-6,8H,7H2,1-2H3,(H,23,24). The fourth-order valence-electron chi connectivity index (χ4n) is 2.36. The second-order valence-electron chi connectivity index (χ2n) is 5.56. The second-order valence-corrected chi connectivity index (χ2v) is 5.56. The van der Waals surface area contributed by atoms with Gasteiger partial charge in [0, 0.05) is 11.3 Å². The normalized spacial score (nSPS) is 11.6. The highest BCUT2D eigenvalue weighted by Gasteiger charge is 2.30. The topological polar surface area (TPSA) is 77.2 Å². The molecule has 2 heterocycles. The lowest BCUT2D eigenvalue weighted by Gasteiger charge is -2.10. The molecular weight excluding hydrogens is 351 g/mol. The number of rotatable bonds is 4. The monoisotopic (exact) mass is 365 g/mol. The number of hydrogen-bond acceptors (Lipinski definition) is 5. The van der Waals surface area contributed by atoms with E-state index in [1.165, 1.54) is 18.5 Å². The van der Waals surface area contributed by atoms with Crippen LogP contribution in [-0.2, 0) is 11.0 Å². The van der Waals surface area contributed by atoms with E-state index in [9.17, 15) is 18.0 Å². The first kappa shape index (κ1) is 17.7. The number of amides is 1. The zero-order chi connectivity index (χ0) is 18.9. The number of aryl methyl sites for hydroxylation is 2. The van der Waals surface area contributed by atoms with Crippen molar-refractivity contribution in [3.8, 4) is 5.88 Å². The van der Waals surface area contributed by atoms with Gasteiger partial charge in [-0.15, -0.1) is 0 Å². The number of benzene rings is 1. The summed E-state index contributed by atoms with van der Waals surface area (Å²) in [5.74, 6) is 0.205. The second kappa shape index (κ2) is 6.66. The Bertz CT molecular complexity index is 967. The Hall–Kier alpha value is -3.10. The summed E-state index contributed by atoms with van der Waals surface area (Å²) in [5.41, 5.74) is 0.298. The molecule has 0 spiro atoms. The van der Waals surface area contributed by atoms with Gasteiger partial charge in [0.2, 0.25) is 11.6 Å². The Labute approximate surface area is 146 Å². The molecule has 0 aliphatic heterocycles. The van der Waals surface area contributed by atoms with Crippen LogP contribution in [0.1, 0.15) is 16.9 Å². The van der Waals surface area contributed by atoms with Crippen LogP contribution in [0, 0.1) is 13.8 Å². The predicted octanol–water partition coefficient (Wildman–Crippen LogP) is 3.88. The molecule has 0 radical (unpaired) electrons. The molecule has 0 saturated carbocycles. The van der Waals surface area contributed by atoms with Gasteiger partial charge < -0.3 is 14.5 Å². The van der Waals surface area contributed by atoms with Crippen molar-refractivity contribution in [2.45, 2.75) is 20.0 Å². The molecule has 0 aliphatic rings. The fraction of sp³-hybridized carbons (Fsp3) is 0.235. The summed E-state index contributed by atoms with van der Waals surface area (Å²) in [4.78, 5) is 20.0. The Morgan fingerprint density at radius 2 is 2.04 bits per heavy atom. The molecule has 0 aliphatic carbocycles. The molecule has 136 valence electrons. The third kappa shape index (κ3) is 3.61. The smallest absolute Gasteiger partial charge is 0.416 e. The molecule has 0 unspecified atom stereocenters. The number of fused-ring (bicyclic) bond motifs is 1. The summed E-state index contributed by atoms with van der Waals surface area (Å²) in [6, 6.07) is 4.35. The van der Waals surface area contributed by atoms with Crippen LogP contribution >= 0.6 is 0 Å². The van der Waals surface area contributed by atoms with E-state index in [0.717, 1.165) is 17.7 Å². The highest BCUT2D eigenvalue weighted by Crippen LogP contribution is 2.31. The van der Waals surface area contributed by atoms with Gasteiger partial charge in [0.15, 0.2) is 6.61 Å². The maximum absolute atomic E-state index is 12.7. The minimum atomic E-state index is -4.49. The fourth-order valence-corrected chi connectivity index (χ4v) is 2.36. The van der Waals surface area contributed by atoms with Gasteiger partial charge in [0.25, 0.3) is 5.91 Å². The van der Waals surface area contributed by atoms with E-state index in [0.29, 0.717) is 16.9 Å². The molecule has 2 aromatic heterocycles. The number of ether oxygens (including phenoxy) is 1. The molecule has 0 bridgehead atoms. The highest BCUT2D eigenvalue weighted by molar-refractivity contribution is 5.92. The van der Waals surface area contributed by atoms with Crippen LogP contribution in [0.3, 0.4) is 0 Å². The lowest BCUT2D eigenvalue weighted by atomic mass is 10.2. The summed E-state index contributed by atoms with van der Waals surface area (Å²) < 4.78 is 49.0. The summed E-state index contributed by atoms with van der Waals surface area (Å²) in [6.45, 7) is 3.15. The van der Waals surface area contributed by atoms with E-state index in [-0.39, 0.29) is 11.6 Å². The van der Waals surface area contributed by atoms with Gasteiger partial charge in [-0.3, -0.25) is 4.79 Å². The predicted molar refractivity (Wildman–Crippen MR) is 86.8 cm³/mol. The third-order valence-corrected chi connectivity index (χ3v) is 3.74. The van der Waals surface area contributed by atoms with Crippen molar-refractivity contribution in [2.24, 2.45) is 0 Å². The van der Waals surface area contributed by atoms with Crippen molar-refractivity contribution in [1.82, 2.24) is 9.97 Å². The van der Waals surface area contributed by atoms with Crippen LogP contribution < -0.4 is 10.1 Å². The zero-order valence-corrected chi connectivity index (χ0v) is 13.8. The maximum Gasteiger partial charge on any atom is 0.416 e. The largest absolute Gasteiger partial charge is 0.467 e. The van der Waals surface area contributed by atoms with Gasteiger partial charge in [-0.1, -0.05) is 6.07 Å². The number of alkyl halides is 3. The quantitative estimate of drug-likeness (QED) is 0.759. The molecule has 3 aromatic rings. The van der Waals surface area contributed by atoms with Crippen molar-refractivity contribution in [2.75, 3.05) is 11.9 Å². The molecule has 1 amide bonds. The van der Waals surface area contributed by atoms with E-state index in [1.807, 2.05) is 0 Å². The third-order valence-electron chi connectivity index (χ3n) is 3.74. The van der Waals surface area contributed by atoms with E-state index < -0.39 is 24.3 Å². The lowest BCUT2D eigenvalue weighted by Crippen LogP contribution is -2.21. The average molecular weight is 365 g/mol. The van der Waals surface area contributed by atoms with Crippen molar-refractivity contribution >= 4 is 22.7 Å². The molecule has 1 aromatic carbocycles. The van der Waals surface area contributed by atoms with Crippen molar-refractivity contribution < 1.29 is 27.1 Å². The van der Waals surface area contributed by atoms with Crippen LogP contribution in [0.4, 0.5) is 18.9 Å². The van der Waals surface area contributed by atoms with E-state index in [2.05, 4.69) is 15.3 Å². The summed E-state index contributed by atoms with van der Waals surface area (Å²) in [6.07, 6.45) is -3.24. The maximum atomic E-state index is 12.7. The minimum absolute atomic E-state index is 0.0246. The van der Waals surface area contributed by atoms with Gasteiger partial charge in [-0.2, -0.15) is 13.2 Å². The van der Waals surface area contributed by atoms with Crippen molar-refractivity contribution in [3.05, 3.63) is 47.5 Å². The Morgan fingerprint density at radius 3 is 2.77 bits per heavy atom. The van der Waals surface area contributed by atoms with Gasteiger partial charge in [0.1, 0.15) is 17.5 Å². The van der Waals surface area contributed by atoms with Gasteiger partial charge >= 0.3 is 6.18 Å². The van der Waals surface area contributed by atoms with Gasteiger partial charge in [0.05, 0.1) is 5.56 Å². The summed E-state index contributed by atoms with van der Waals surface area (Å²) in [7, 11) is 0. The molecule has 0 saturated heterocycles. The molecule has 9 heteroatoms. The number of carbonyl (C=O) groups excluding carboxylic acids is 1. The van der Waals surface area contributed by atoms with Crippen LogP contribution in [0.25, 0.3) is 11.1 Å².